The topological polar surface area (TPSA) is 72.3 Å². The predicted octanol–water partition coefficient (Wildman–Crippen LogP) is 3.88. The minimum absolute atomic E-state index is 0.212. The molecule has 1 N–H and O–H groups in total. The van der Waals surface area contributed by atoms with Crippen molar-refractivity contribution in [3.63, 3.8) is 0 Å². The average molecular weight is 436 g/mol. The number of benzene rings is 1. The van der Waals surface area contributed by atoms with Crippen molar-refractivity contribution in [3.8, 4) is 17.0 Å². The number of nitrogens with zero attached hydrogens (tertiary/aromatic N) is 4. The lowest BCUT2D eigenvalue weighted by Crippen LogP contribution is -2.43. The molecule has 2 aromatic rings. The van der Waals surface area contributed by atoms with Crippen molar-refractivity contribution in [3.05, 3.63) is 23.9 Å². The number of fused-ring (bicyclic) bond motifs is 1. The molecular formula is C25H33N5O2. The number of carbonyl (C=O) groups is 1. The van der Waals surface area contributed by atoms with Crippen LogP contribution in [0.15, 0.2) is 18.3 Å². The number of amides is 1. The van der Waals surface area contributed by atoms with E-state index < -0.39 is 0 Å². The number of aromatic nitrogens is 3. The fraction of sp³-hybridized carbons (Fsp3) is 0.640. The molecule has 170 valence electrons. The van der Waals surface area contributed by atoms with Crippen LogP contribution in [-0.4, -0.2) is 46.1 Å². The van der Waals surface area contributed by atoms with E-state index in [-0.39, 0.29) is 24.0 Å². The number of ether oxygens (including phenoxy) is 1. The number of rotatable bonds is 5. The minimum atomic E-state index is 0.212. The summed E-state index contributed by atoms with van der Waals surface area (Å²) < 4.78 is 8.64. The van der Waals surface area contributed by atoms with Gasteiger partial charge in [-0.25, -0.2) is 4.68 Å². The van der Waals surface area contributed by atoms with Gasteiger partial charge in [0, 0.05) is 23.1 Å². The first-order valence-electron chi connectivity index (χ1n) is 12.5. The van der Waals surface area contributed by atoms with Gasteiger partial charge in [0.05, 0.1) is 24.0 Å². The highest BCUT2D eigenvalue weighted by atomic mass is 16.5. The van der Waals surface area contributed by atoms with Gasteiger partial charge in [0.25, 0.3) is 0 Å². The lowest BCUT2D eigenvalue weighted by molar-refractivity contribution is -0.120. The molecule has 32 heavy (non-hydrogen) atoms. The monoisotopic (exact) mass is 435 g/mol. The van der Waals surface area contributed by atoms with Gasteiger partial charge in [-0.2, -0.15) is 0 Å². The third kappa shape index (κ3) is 3.60. The van der Waals surface area contributed by atoms with Crippen LogP contribution in [-0.2, 0) is 11.2 Å². The first-order chi connectivity index (χ1) is 15.7. The van der Waals surface area contributed by atoms with Gasteiger partial charge in [0.1, 0.15) is 11.4 Å². The Bertz CT molecular complexity index is 1000. The van der Waals surface area contributed by atoms with Crippen LogP contribution in [0.2, 0.25) is 0 Å². The number of anilines is 1. The maximum atomic E-state index is 13.1. The van der Waals surface area contributed by atoms with Crippen LogP contribution in [0.25, 0.3) is 11.3 Å². The lowest BCUT2D eigenvalue weighted by Gasteiger charge is -2.38. The van der Waals surface area contributed by atoms with E-state index in [0.29, 0.717) is 6.04 Å². The van der Waals surface area contributed by atoms with Crippen molar-refractivity contribution < 1.29 is 9.53 Å². The molecule has 1 aromatic heterocycles. The number of hydrogen-bond donors (Lipinski definition) is 1. The van der Waals surface area contributed by atoms with E-state index in [2.05, 4.69) is 45.8 Å². The molecule has 1 amide bonds. The number of nitrogens with one attached hydrogen (secondary N) is 1. The Morgan fingerprint density at radius 2 is 1.91 bits per heavy atom. The maximum Gasteiger partial charge on any atom is 0.230 e. The van der Waals surface area contributed by atoms with E-state index >= 15 is 0 Å². The second-order valence-electron chi connectivity index (χ2n) is 10.0. The molecule has 3 heterocycles. The zero-order valence-electron chi connectivity index (χ0n) is 18.9. The molecule has 4 aliphatic rings. The summed E-state index contributed by atoms with van der Waals surface area (Å²) in [4.78, 5) is 15.2. The van der Waals surface area contributed by atoms with E-state index in [4.69, 9.17) is 4.74 Å². The summed E-state index contributed by atoms with van der Waals surface area (Å²) in [7, 11) is 0. The van der Waals surface area contributed by atoms with Crippen molar-refractivity contribution in [2.24, 2.45) is 5.92 Å². The number of piperidine rings is 1. The van der Waals surface area contributed by atoms with Gasteiger partial charge in [-0.05, 0) is 89.9 Å². The Balaban J connectivity index is 1.39. The van der Waals surface area contributed by atoms with Gasteiger partial charge in [0.15, 0.2) is 0 Å². The second-order valence-corrected chi connectivity index (χ2v) is 10.0. The lowest BCUT2D eigenvalue weighted by atomic mass is 9.91. The summed E-state index contributed by atoms with van der Waals surface area (Å²) in [6.07, 6.45) is 11.9. The van der Waals surface area contributed by atoms with Gasteiger partial charge >= 0.3 is 0 Å². The summed E-state index contributed by atoms with van der Waals surface area (Å²) in [5, 5.41) is 12.5. The van der Waals surface area contributed by atoms with Gasteiger partial charge in [-0.3, -0.25) is 4.79 Å². The van der Waals surface area contributed by atoms with Crippen LogP contribution in [0.4, 0.5) is 5.69 Å². The van der Waals surface area contributed by atoms with Gasteiger partial charge in [-0.1, -0.05) is 5.21 Å². The summed E-state index contributed by atoms with van der Waals surface area (Å²) in [6.45, 7) is 4.23. The highest BCUT2D eigenvalue weighted by molar-refractivity contribution is 5.99. The first-order valence-corrected chi connectivity index (χ1v) is 12.5. The van der Waals surface area contributed by atoms with E-state index in [1.165, 1.54) is 12.0 Å². The van der Waals surface area contributed by atoms with Crippen molar-refractivity contribution in [2.45, 2.75) is 82.9 Å². The van der Waals surface area contributed by atoms with E-state index in [1.54, 1.807) is 0 Å². The predicted molar refractivity (Wildman–Crippen MR) is 123 cm³/mol. The Labute approximate surface area is 189 Å². The molecule has 2 saturated carbocycles. The molecule has 2 aliphatic carbocycles. The molecule has 0 bridgehead atoms. The SMILES string of the molecule is C[C@H]1CCc2c(ccc(-c3cn(C4CCNCC4)nn3)c2OC2CCC2)N1C(=O)C1CC1. The van der Waals surface area contributed by atoms with Crippen molar-refractivity contribution in [1.29, 1.82) is 0 Å². The maximum absolute atomic E-state index is 13.1. The zero-order valence-corrected chi connectivity index (χ0v) is 18.9. The van der Waals surface area contributed by atoms with Gasteiger partial charge < -0.3 is 15.0 Å². The molecule has 0 spiro atoms. The quantitative estimate of drug-likeness (QED) is 0.772. The molecule has 3 fully saturated rings. The fourth-order valence-corrected chi connectivity index (χ4v) is 5.31. The summed E-state index contributed by atoms with van der Waals surface area (Å²) in [6, 6.07) is 4.87. The standard InChI is InChI=1S/C25H33N5O2/c1-16-5-8-21-23(30(16)25(31)17-6-7-17)10-9-20(24(21)32-19-3-2-4-19)22-15-29(28-27-22)18-11-13-26-14-12-18/h9-10,15-19,26H,2-8,11-14H2,1H3/t16-/m0/s1. The molecule has 6 rings (SSSR count). The van der Waals surface area contributed by atoms with Gasteiger partial charge in [0.2, 0.25) is 5.91 Å². The number of hydrogen-bond acceptors (Lipinski definition) is 5. The normalized spacial score (nSPS) is 24.2. The Morgan fingerprint density at radius 3 is 2.62 bits per heavy atom. The smallest absolute Gasteiger partial charge is 0.230 e. The molecule has 2 aliphatic heterocycles. The van der Waals surface area contributed by atoms with E-state index in [1.807, 2.05) is 4.68 Å². The Kier molecular flexibility index (Phi) is 5.17. The Hall–Kier alpha value is -2.41. The molecule has 1 saturated heterocycles. The minimum Gasteiger partial charge on any atom is -0.489 e. The Morgan fingerprint density at radius 1 is 1.09 bits per heavy atom. The summed E-state index contributed by atoms with van der Waals surface area (Å²) >= 11 is 0. The van der Waals surface area contributed by atoms with Crippen LogP contribution < -0.4 is 15.0 Å². The molecule has 0 radical (unpaired) electrons. The highest BCUT2D eigenvalue weighted by Gasteiger charge is 2.39. The third-order valence-electron chi connectivity index (χ3n) is 7.72. The van der Waals surface area contributed by atoms with Crippen LogP contribution in [0.5, 0.6) is 5.75 Å². The zero-order chi connectivity index (χ0) is 21.7. The van der Waals surface area contributed by atoms with Crippen molar-refractivity contribution in [2.75, 3.05) is 18.0 Å². The van der Waals surface area contributed by atoms with Crippen molar-refractivity contribution in [1.82, 2.24) is 20.3 Å². The summed E-state index contributed by atoms with van der Waals surface area (Å²) in [5.74, 6) is 1.44. The van der Waals surface area contributed by atoms with E-state index in [9.17, 15) is 4.79 Å². The average Bonchev–Trinajstić information content (AvgIpc) is 3.53. The van der Waals surface area contributed by atoms with Gasteiger partial charge in [-0.15, -0.1) is 5.10 Å². The van der Waals surface area contributed by atoms with E-state index in [0.717, 1.165) is 87.2 Å². The molecular weight excluding hydrogens is 402 g/mol. The van der Waals surface area contributed by atoms with Crippen LogP contribution >= 0.6 is 0 Å². The van der Waals surface area contributed by atoms with Crippen LogP contribution in [0, 0.1) is 5.92 Å². The fourth-order valence-electron chi connectivity index (χ4n) is 5.31. The molecule has 0 unspecified atom stereocenters. The highest BCUT2D eigenvalue weighted by Crippen LogP contribution is 2.46. The summed E-state index contributed by atoms with van der Waals surface area (Å²) in [5.41, 5.74) is 4.12. The first kappa shape index (κ1) is 20.2. The largest absolute Gasteiger partial charge is 0.489 e. The molecule has 1 aromatic carbocycles. The van der Waals surface area contributed by atoms with Crippen LogP contribution in [0.3, 0.4) is 0 Å². The second kappa shape index (κ2) is 8.18. The third-order valence-corrected chi connectivity index (χ3v) is 7.72. The number of carbonyl (C=O) groups excluding carboxylic acids is 1. The molecule has 1 atom stereocenters. The molecule has 7 nitrogen and oxygen atoms in total. The van der Waals surface area contributed by atoms with Crippen molar-refractivity contribution >= 4 is 11.6 Å². The van der Waals surface area contributed by atoms with Crippen LogP contribution in [0.1, 0.15) is 69.9 Å². The molecule has 7 heteroatoms.